The molecule has 1 saturated heterocycles. The van der Waals surface area contributed by atoms with Gasteiger partial charge in [-0.25, -0.2) is 13.2 Å². The van der Waals surface area contributed by atoms with E-state index in [1.165, 1.54) is 28.6 Å². The van der Waals surface area contributed by atoms with Gasteiger partial charge in [0.2, 0.25) is 15.9 Å². The van der Waals surface area contributed by atoms with Crippen molar-refractivity contribution in [1.82, 2.24) is 14.5 Å². The molecule has 8 nitrogen and oxygen atoms in total. The van der Waals surface area contributed by atoms with Crippen LogP contribution >= 0.6 is 0 Å². The first-order chi connectivity index (χ1) is 13.8. The smallest absolute Gasteiger partial charge is 0.338 e. The fourth-order valence-electron chi connectivity index (χ4n) is 3.28. The summed E-state index contributed by atoms with van der Waals surface area (Å²) >= 11 is 0. The molecule has 1 aromatic carbocycles. The molecule has 1 heterocycles. The van der Waals surface area contributed by atoms with Crippen molar-refractivity contribution in [3.63, 3.8) is 0 Å². The predicted octanol–water partition coefficient (Wildman–Crippen LogP) is 1.47. The average molecular weight is 426 g/mol. The Hall–Kier alpha value is -1.97. The monoisotopic (exact) mass is 425 g/mol. The Kier molecular flexibility index (Phi) is 8.60. The van der Waals surface area contributed by atoms with Crippen molar-refractivity contribution in [1.29, 1.82) is 0 Å². The number of hydrogen-bond acceptors (Lipinski definition) is 6. The van der Waals surface area contributed by atoms with Crippen molar-refractivity contribution < 1.29 is 22.7 Å². The second-order valence-electron chi connectivity index (χ2n) is 7.18. The van der Waals surface area contributed by atoms with Gasteiger partial charge in [0.05, 0.1) is 23.6 Å². The van der Waals surface area contributed by atoms with Crippen LogP contribution in [0, 0.1) is 0 Å². The third kappa shape index (κ3) is 6.52. The standard InChI is InChI=1S/C20H31N3O5S/c1-4-6-16(3)21-19(24)15-22-11-13-23(14-12-22)29(26,27)18-9-7-17(8-10-18)20(25)28-5-2/h7-10,16H,4-6,11-15H2,1-3H3,(H,21,24). The van der Waals surface area contributed by atoms with Crippen LogP contribution in [0.15, 0.2) is 29.2 Å². The molecule has 1 aliphatic heterocycles. The fourth-order valence-corrected chi connectivity index (χ4v) is 4.71. The van der Waals surface area contributed by atoms with Crippen LogP contribution in [-0.4, -0.2) is 74.9 Å². The molecule has 0 spiro atoms. The highest BCUT2D eigenvalue weighted by molar-refractivity contribution is 7.89. The molecule has 1 aliphatic rings. The first-order valence-corrected chi connectivity index (χ1v) is 11.5. The second-order valence-corrected chi connectivity index (χ2v) is 9.12. The minimum absolute atomic E-state index is 0.0307. The summed E-state index contributed by atoms with van der Waals surface area (Å²) in [6.07, 6.45) is 1.95. The van der Waals surface area contributed by atoms with Gasteiger partial charge >= 0.3 is 5.97 Å². The molecule has 0 bridgehead atoms. The number of carbonyl (C=O) groups is 2. The molecule has 0 radical (unpaired) electrons. The highest BCUT2D eigenvalue weighted by Crippen LogP contribution is 2.18. The van der Waals surface area contributed by atoms with Gasteiger partial charge in [-0.1, -0.05) is 13.3 Å². The SMILES string of the molecule is CCCC(C)NC(=O)CN1CCN(S(=O)(=O)c2ccc(C(=O)OCC)cc2)CC1. The molecule has 1 N–H and O–H groups in total. The summed E-state index contributed by atoms with van der Waals surface area (Å²) in [6, 6.07) is 5.92. The summed E-state index contributed by atoms with van der Waals surface area (Å²) in [4.78, 5) is 25.9. The summed E-state index contributed by atoms with van der Waals surface area (Å²) in [5, 5.41) is 2.97. The van der Waals surface area contributed by atoms with E-state index in [2.05, 4.69) is 12.2 Å². The number of esters is 1. The molecule has 1 atom stereocenters. The fraction of sp³-hybridized carbons (Fsp3) is 0.600. The summed E-state index contributed by atoms with van der Waals surface area (Å²) in [5.74, 6) is -0.506. The van der Waals surface area contributed by atoms with Crippen molar-refractivity contribution in [3.05, 3.63) is 29.8 Å². The van der Waals surface area contributed by atoms with Crippen LogP contribution in [0.5, 0.6) is 0 Å². The van der Waals surface area contributed by atoms with Crippen molar-refractivity contribution in [2.45, 2.75) is 44.6 Å². The molecule has 29 heavy (non-hydrogen) atoms. The summed E-state index contributed by atoms with van der Waals surface area (Å²) in [5.41, 5.74) is 0.318. The molecule has 1 amide bonds. The van der Waals surface area contributed by atoms with Crippen molar-refractivity contribution in [2.24, 2.45) is 0 Å². The van der Waals surface area contributed by atoms with Crippen LogP contribution in [0.4, 0.5) is 0 Å². The van der Waals surface area contributed by atoms with Crippen molar-refractivity contribution in [2.75, 3.05) is 39.3 Å². The van der Waals surface area contributed by atoms with Crippen LogP contribution < -0.4 is 5.32 Å². The van der Waals surface area contributed by atoms with Gasteiger partial charge in [0.25, 0.3) is 0 Å². The van der Waals surface area contributed by atoms with Crippen LogP contribution in [0.1, 0.15) is 44.0 Å². The zero-order valence-electron chi connectivity index (χ0n) is 17.4. The number of amides is 1. The van der Waals surface area contributed by atoms with E-state index in [0.717, 1.165) is 12.8 Å². The summed E-state index contributed by atoms with van der Waals surface area (Å²) < 4.78 is 32.0. The van der Waals surface area contributed by atoms with Gasteiger partial charge in [-0.15, -0.1) is 0 Å². The van der Waals surface area contributed by atoms with E-state index in [1.54, 1.807) is 6.92 Å². The lowest BCUT2D eigenvalue weighted by Crippen LogP contribution is -2.51. The van der Waals surface area contributed by atoms with Crippen LogP contribution in [0.25, 0.3) is 0 Å². The third-order valence-corrected chi connectivity index (χ3v) is 6.74. The van der Waals surface area contributed by atoms with E-state index in [0.29, 0.717) is 31.7 Å². The topological polar surface area (TPSA) is 96.0 Å². The molecule has 2 rings (SSSR count). The van der Waals surface area contributed by atoms with Gasteiger partial charge in [0.1, 0.15) is 0 Å². The molecule has 1 unspecified atom stereocenters. The van der Waals surface area contributed by atoms with Gasteiger partial charge in [-0.05, 0) is 44.5 Å². The molecule has 9 heteroatoms. The highest BCUT2D eigenvalue weighted by atomic mass is 32.2. The number of hydrogen-bond donors (Lipinski definition) is 1. The van der Waals surface area contributed by atoms with Crippen molar-refractivity contribution >= 4 is 21.9 Å². The van der Waals surface area contributed by atoms with Gasteiger partial charge in [-0.2, -0.15) is 4.31 Å². The Morgan fingerprint density at radius 2 is 1.72 bits per heavy atom. The second kappa shape index (κ2) is 10.7. The molecule has 162 valence electrons. The number of sulfonamides is 1. The van der Waals surface area contributed by atoms with Gasteiger partial charge < -0.3 is 10.1 Å². The lowest BCUT2D eigenvalue weighted by molar-refractivity contribution is -0.123. The molecule has 1 fully saturated rings. The largest absolute Gasteiger partial charge is 0.462 e. The average Bonchev–Trinajstić information content (AvgIpc) is 2.68. The Labute approximate surface area is 173 Å². The Morgan fingerprint density at radius 1 is 1.10 bits per heavy atom. The number of carbonyl (C=O) groups excluding carboxylic acids is 2. The lowest BCUT2D eigenvalue weighted by atomic mass is 10.2. The lowest BCUT2D eigenvalue weighted by Gasteiger charge is -2.33. The normalized spacial score (nSPS) is 16.9. The molecule has 0 aromatic heterocycles. The summed E-state index contributed by atoms with van der Waals surface area (Å²) in [6.45, 7) is 7.94. The zero-order chi connectivity index (χ0) is 21.4. The quantitative estimate of drug-likeness (QED) is 0.602. The number of nitrogens with one attached hydrogen (secondary N) is 1. The minimum atomic E-state index is -3.64. The maximum absolute atomic E-state index is 12.9. The number of nitrogens with zero attached hydrogens (tertiary/aromatic N) is 2. The van der Waals surface area contributed by atoms with Crippen LogP contribution in [0.2, 0.25) is 0 Å². The summed E-state index contributed by atoms with van der Waals surface area (Å²) in [7, 11) is -3.64. The number of benzene rings is 1. The van der Waals surface area contributed by atoms with E-state index < -0.39 is 16.0 Å². The van der Waals surface area contributed by atoms with E-state index >= 15 is 0 Å². The minimum Gasteiger partial charge on any atom is -0.462 e. The molecule has 0 saturated carbocycles. The zero-order valence-corrected chi connectivity index (χ0v) is 18.2. The maximum atomic E-state index is 12.9. The molecular weight excluding hydrogens is 394 g/mol. The van der Waals surface area contributed by atoms with E-state index in [1.807, 2.05) is 11.8 Å². The number of ether oxygens (including phenoxy) is 1. The van der Waals surface area contributed by atoms with Crippen LogP contribution in [0.3, 0.4) is 0 Å². The predicted molar refractivity (Wildman–Crippen MR) is 110 cm³/mol. The first kappa shape index (κ1) is 23.3. The van der Waals surface area contributed by atoms with E-state index in [4.69, 9.17) is 4.74 Å². The third-order valence-electron chi connectivity index (χ3n) is 4.83. The first-order valence-electron chi connectivity index (χ1n) is 10.1. The van der Waals surface area contributed by atoms with Crippen LogP contribution in [-0.2, 0) is 19.6 Å². The van der Waals surface area contributed by atoms with Gasteiger partial charge in [0, 0.05) is 32.2 Å². The molecular formula is C20H31N3O5S. The van der Waals surface area contributed by atoms with Crippen molar-refractivity contribution in [3.8, 4) is 0 Å². The highest BCUT2D eigenvalue weighted by Gasteiger charge is 2.29. The molecule has 1 aromatic rings. The van der Waals surface area contributed by atoms with E-state index in [9.17, 15) is 18.0 Å². The van der Waals surface area contributed by atoms with E-state index in [-0.39, 0.29) is 30.0 Å². The maximum Gasteiger partial charge on any atom is 0.338 e. The Morgan fingerprint density at radius 3 is 2.28 bits per heavy atom. The number of rotatable bonds is 9. The Bertz CT molecular complexity index is 787. The van der Waals surface area contributed by atoms with Gasteiger partial charge in [0.15, 0.2) is 0 Å². The number of piperazine rings is 1. The Balaban J connectivity index is 1.91. The molecule has 0 aliphatic carbocycles. The van der Waals surface area contributed by atoms with Gasteiger partial charge in [-0.3, -0.25) is 9.69 Å².